The van der Waals surface area contributed by atoms with E-state index in [1.165, 1.54) is 5.56 Å². The summed E-state index contributed by atoms with van der Waals surface area (Å²) in [6, 6.07) is 16.1. The third kappa shape index (κ3) is 9.24. The quantitative estimate of drug-likeness (QED) is 0.526. The third-order valence-electron chi connectivity index (χ3n) is 6.01. The number of aliphatic carboxylic acids is 1. The lowest BCUT2D eigenvalue weighted by molar-refractivity contribution is -0.138. The highest BCUT2D eigenvalue weighted by atomic mass is 19.3. The van der Waals surface area contributed by atoms with Gasteiger partial charge in [-0.15, -0.1) is 0 Å². The predicted octanol–water partition coefficient (Wildman–Crippen LogP) is 3.61. The van der Waals surface area contributed by atoms with E-state index in [0.717, 1.165) is 30.9 Å². The van der Waals surface area contributed by atoms with Gasteiger partial charge in [0.2, 0.25) is 5.91 Å². The lowest BCUT2D eigenvalue weighted by Gasteiger charge is -2.36. The van der Waals surface area contributed by atoms with Gasteiger partial charge in [0.15, 0.2) is 0 Å². The first-order valence-corrected chi connectivity index (χ1v) is 12.1. The maximum Gasteiger partial charge on any atom is 0.305 e. The monoisotopic (exact) mass is 488 g/mol. The van der Waals surface area contributed by atoms with Crippen LogP contribution in [0.4, 0.5) is 14.6 Å². The Kier molecular flexibility index (Phi) is 9.96. The van der Waals surface area contributed by atoms with Gasteiger partial charge in [-0.25, -0.2) is 13.8 Å². The number of aromatic nitrogens is 1. The number of nitrogens with one attached hydrogen (secondary N) is 2. The number of carboxylic acid groups (broad SMARTS) is 1. The van der Waals surface area contributed by atoms with Crippen molar-refractivity contribution >= 4 is 17.7 Å². The van der Waals surface area contributed by atoms with Crippen LogP contribution in [0.15, 0.2) is 48.5 Å². The van der Waals surface area contributed by atoms with E-state index in [0.29, 0.717) is 19.4 Å². The molecule has 3 heterocycles. The Balaban J connectivity index is 0.000000497. The molecule has 2 aromatic rings. The number of benzene rings is 1. The average Bonchev–Trinajstić information content (AvgIpc) is 2.84. The summed E-state index contributed by atoms with van der Waals surface area (Å²) in [5.41, 5.74) is 2.15. The van der Waals surface area contributed by atoms with E-state index in [1.54, 1.807) is 4.90 Å². The van der Waals surface area contributed by atoms with Crippen LogP contribution in [0.2, 0.25) is 0 Å². The molecule has 1 aromatic carbocycles. The standard InChI is InChI=1S/C20H28F2N4O3.C6H6/c21-20(22)11-15(19(29)24-9-7-17(27)28)12-26(13-20)10-2-4-16-6-5-14-3-1-8-23-18(14)25-16;1-2-4-6-5-3-1/h5-6,15H,1-4,7-13H2,(H,23,25)(H,24,29)(H,27,28);1-6H. The number of carbonyl (C=O) groups is 2. The molecule has 3 N–H and O–H groups in total. The Hall–Kier alpha value is -3.07. The molecule has 1 aromatic heterocycles. The summed E-state index contributed by atoms with van der Waals surface area (Å²) in [6.45, 7) is 1.23. The fourth-order valence-electron chi connectivity index (χ4n) is 4.35. The van der Waals surface area contributed by atoms with Crippen molar-refractivity contribution in [2.45, 2.75) is 44.4 Å². The van der Waals surface area contributed by atoms with Crippen molar-refractivity contribution < 1.29 is 23.5 Å². The van der Waals surface area contributed by atoms with Gasteiger partial charge in [0.05, 0.1) is 18.9 Å². The minimum Gasteiger partial charge on any atom is -0.481 e. The lowest BCUT2D eigenvalue weighted by atomic mass is 9.94. The van der Waals surface area contributed by atoms with Crippen molar-refractivity contribution in [1.82, 2.24) is 15.2 Å². The molecule has 0 spiro atoms. The van der Waals surface area contributed by atoms with E-state index in [1.807, 2.05) is 42.5 Å². The SMILES string of the molecule is O=C(O)CCNC(=O)C1CN(CCCc2ccc3c(n2)NCCC3)CC(F)(F)C1.c1ccccc1. The first kappa shape index (κ1) is 26.5. The number of carbonyl (C=O) groups excluding carboxylic acids is 1. The van der Waals surface area contributed by atoms with E-state index in [2.05, 4.69) is 21.7 Å². The highest BCUT2D eigenvalue weighted by Crippen LogP contribution is 2.31. The molecule has 1 unspecified atom stereocenters. The van der Waals surface area contributed by atoms with Crippen LogP contribution in [0.5, 0.6) is 0 Å². The zero-order valence-electron chi connectivity index (χ0n) is 19.9. The van der Waals surface area contributed by atoms with Gasteiger partial charge in [0.1, 0.15) is 5.82 Å². The first-order chi connectivity index (χ1) is 16.8. The molecule has 0 aliphatic carbocycles. The molecule has 35 heavy (non-hydrogen) atoms. The third-order valence-corrected chi connectivity index (χ3v) is 6.01. The number of nitrogens with zero attached hydrogens (tertiary/aromatic N) is 2. The molecule has 9 heteroatoms. The summed E-state index contributed by atoms with van der Waals surface area (Å²) < 4.78 is 28.2. The number of likely N-dealkylation sites (tertiary alicyclic amines) is 1. The summed E-state index contributed by atoms with van der Waals surface area (Å²) in [5.74, 6) is -4.37. The molecule has 1 atom stereocenters. The lowest BCUT2D eigenvalue weighted by Crippen LogP contribution is -2.51. The number of fused-ring (bicyclic) bond motifs is 1. The molecule has 1 fully saturated rings. The number of alkyl halides is 2. The van der Waals surface area contributed by atoms with Crippen LogP contribution >= 0.6 is 0 Å². The summed E-state index contributed by atoms with van der Waals surface area (Å²) in [4.78, 5) is 29.0. The van der Waals surface area contributed by atoms with Gasteiger partial charge in [-0.1, -0.05) is 42.5 Å². The number of carboxylic acids is 1. The number of halogens is 2. The molecule has 2 aliphatic rings. The Labute approximate surface area is 204 Å². The number of anilines is 1. The summed E-state index contributed by atoms with van der Waals surface area (Å²) in [5, 5.41) is 14.4. The van der Waals surface area contributed by atoms with Crippen molar-refractivity contribution in [2.75, 3.05) is 38.0 Å². The van der Waals surface area contributed by atoms with E-state index in [-0.39, 0.29) is 26.1 Å². The largest absolute Gasteiger partial charge is 0.481 e. The smallest absolute Gasteiger partial charge is 0.305 e. The van der Waals surface area contributed by atoms with Crippen LogP contribution in [0.25, 0.3) is 0 Å². The second-order valence-corrected chi connectivity index (χ2v) is 9.03. The molecule has 190 valence electrons. The highest BCUT2D eigenvalue weighted by Gasteiger charge is 2.42. The van der Waals surface area contributed by atoms with Crippen molar-refractivity contribution in [3.63, 3.8) is 0 Å². The zero-order valence-corrected chi connectivity index (χ0v) is 19.9. The summed E-state index contributed by atoms with van der Waals surface area (Å²) >= 11 is 0. The normalized spacial score (nSPS) is 18.9. The fraction of sp³-hybridized carbons (Fsp3) is 0.500. The number of pyridine rings is 1. The molecular weight excluding hydrogens is 454 g/mol. The van der Waals surface area contributed by atoms with Gasteiger partial charge in [0.25, 0.3) is 5.92 Å². The Morgan fingerprint density at radius 2 is 1.89 bits per heavy atom. The zero-order chi connectivity index (χ0) is 25.1. The molecule has 0 radical (unpaired) electrons. The first-order valence-electron chi connectivity index (χ1n) is 12.1. The van der Waals surface area contributed by atoms with E-state index >= 15 is 0 Å². The van der Waals surface area contributed by atoms with Gasteiger partial charge in [0, 0.05) is 31.7 Å². The molecule has 1 amide bonds. The predicted molar refractivity (Wildman–Crippen MR) is 131 cm³/mol. The van der Waals surface area contributed by atoms with Crippen LogP contribution in [0.3, 0.4) is 0 Å². The molecule has 7 nitrogen and oxygen atoms in total. The molecule has 0 saturated carbocycles. The van der Waals surface area contributed by atoms with Crippen LogP contribution in [0.1, 0.15) is 36.9 Å². The van der Waals surface area contributed by atoms with Gasteiger partial charge in [-0.3, -0.25) is 14.5 Å². The van der Waals surface area contributed by atoms with Crippen molar-refractivity contribution in [1.29, 1.82) is 0 Å². The van der Waals surface area contributed by atoms with E-state index in [9.17, 15) is 18.4 Å². The number of aryl methyl sites for hydroxylation is 2. The maximum absolute atomic E-state index is 14.1. The van der Waals surface area contributed by atoms with Crippen LogP contribution < -0.4 is 10.6 Å². The number of piperidine rings is 1. The average molecular weight is 489 g/mol. The van der Waals surface area contributed by atoms with Crippen LogP contribution in [0, 0.1) is 5.92 Å². The number of hydrogen-bond donors (Lipinski definition) is 3. The second kappa shape index (κ2) is 13.1. The maximum atomic E-state index is 14.1. The van der Waals surface area contributed by atoms with Crippen LogP contribution in [-0.2, 0) is 22.4 Å². The topological polar surface area (TPSA) is 94.6 Å². The summed E-state index contributed by atoms with van der Waals surface area (Å²) in [6.07, 6.45) is 2.76. The van der Waals surface area contributed by atoms with Crippen molar-refractivity contribution in [3.05, 3.63) is 59.8 Å². The van der Waals surface area contributed by atoms with Gasteiger partial charge < -0.3 is 15.7 Å². The Bertz CT molecular complexity index is 932. The fourth-order valence-corrected chi connectivity index (χ4v) is 4.35. The Morgan fingerprint density at radius 3 is 2.57 bits per heavy atom. The van der Waals surface area contributed by atoms with Crippen LogP contribution in [-0.4, -0.2) is 65.5 Å². The molecule has 0 bridgehead atoms. The minimum atomic E-state index is -2.93. The number of hydrogen-bond acceptors (Lipinski definition) is 5. The van der Waals surface area contributed by atoms with E-state index in [4.69, 9.17) is 5.11 Å². The minimum absolute atomic E-state index is 0.0473. The molecule has 1 saturated heterocycles. The second-order valence-electron chi connectivity index (χ2n) is 9.03. The highest BCUT2D eigenvalue weighted by molar-refractivity contribution is 5.79. The van der Waals surface area contributed by atoms with Gasteiger partial charge in [-0.05, 0) is 43.9 Å². The number of amides is 1. The molecule has 2 aliphatic heterocycles. The molecular formula is C26H34F2N4O3. The number of rotatable bonds is 8. The van der Waals surface area contributed by atoms with Crippen molar-refractivity contribution in [2.24, 2.45) is 5.92 Å². The van der Waals surface area contributed by atoms with Crippen molar-refractivity contribution in [3.8, 4) is 0 Å². The Morgan fingerprint density at radius 1 is 1.17 bits per heavy atom. The van der Waals surface area contributed by atoms with Gasteiger partial charge in [-0.2, -0.15) is 0 Å². The van der Waals surface area contributed by atoms with Gasteiger partial charge >= 0.3 is 5.97 Å². The molecule has 4 rings (SSSR count). The summed E-state index contributed by atoms with van der Waals surface area (Å²) in [7, 11) is 0. The van der Waals surface area contributed by atoms with E-state index < -0.39 is 30.1 Å².